The SMILES string of the molecule is CNCCc1c(C(F)(F)F)nc2[nH]ncn2c1=O. The number of aromatic nitrogens is 4. The van der Waals surface area contributed by atoms with Crippen LogP contribution in [0.5, 0.6) is 0 Å². The van der Waals surface area contributed by atoms with Gasteiger partial charge in [-0.25, -0.2) is 14.5 Å². The standard InChI is InChI=1S/C9H10F3N5O/c1-13-3-2-5-6(9(10,11)12)15-8-16-14-4-17(8)7(5)18/h4,13H,2-3H2,1H3,(H,15,16). The van der Waals surface area contributed by atoms with Crippen molar-refractivity contribution in [3.63, 3.8) is 0 Å². The Morgan fingerprint density at radius 3 is 2.83 bits per heavy atom. The molecule has 2 rings (SSSR count). The molecule has 6 nitrogen and oxygen atoms in total. The molecule has 2 aromatic heterocycles. The number of rotatable bonds is 3. The third-order valence-electron chi connectivity index (χ3n) is 2.44. The monoisotopic (exact) mass is 261 g/mol. The fourth-order valence-electron chi connectivity index (χ4n) is 1.61. The fraction of sp³-hybridized carbons (Fsp3) is 0.444. The van der Waals surface area contributed by atoms with Gasteiger partial charge in [0.05, 0.1) is 5.56 Å². The van der Waals surface area contributed by atoms with Crippen LogP contribution >= 0.6 is 0 Å². The van der Waals surface area contributed by atoms with E-state index in [1.54, 1.807) is 7.05 Å². The topological polar surface area (TPSA) is 75.1 Å². The summed E-state index contributed by atoms with van der Waals surface area (Å²) in [5, 5.41) is 8.44. The molecule has 0 aliphatic heterocycles. The van der Waals surface area contributed by atoms with E-state index in [1.807, 2.05) is 0 Å². The van der Waals surface area contributed by atoms with Gasteiger partial charge in [0.1, 0.15) is 6.33 Å². The summed E-state index contributed by atoms with van der Waals surface area (Å²) in [6, 6.07) is 0. The van der Waals surface area contributed by atoms with E-state index in [1.165, 1.54) is 0 Å². The number of nitrogens with zero attached hydrogens (tertiary/aromatic N) is 3. The van der Waals surface area contributed by atoms with Gasteiger partial charge in [0.15, 0.2) is 5.69 Å². The van der Waals surface area contributed by atoms with Crippen LogP contribution in [0.25, 0.3) is 5.78 Å². The lowest BCUT2D eigenvalue weighted by atomic mass is 10.1. The van der Waals surface area contributed by atoms with Gasteiger partial charge in [-0.05, 0) is 20.0 Å². The van der Waals surface area contributed by atoms with Crippen LogP contribution in [0.4, 0.5) is 13.2 Å². The van der Waals surface area contributed by atoms with Gasteiger partial charge >= 0.3 is 6.18 Å². The third-order valence-corrected chi connectivity index (χ3v) is 2.44. The van der Waals surface area contributed by atoms with E-state index < -0.39 is 17.4 Å². The van der Waals surface area contributed by atoms with Gasteiger partial charge in [-0.15, -0.1) is 0 Å². The Kier molecular flexibility index (Phi) is 3.07. The summed E-state index contributed by atoms with van der Waals surface area (Å²) in [6.45, 7) is 0.254. The zero-order valence-electron chi connectivity index (χ0n) is 9.38. The van der Waals surface area contributed by atoms with E-state index >= 15 is 0 Å². The Labute approximate surface area is 98.8 Å². The molecule has 0 aromatic carbocycles. The molecule has 9 heteroatoms. The number of fused-ring (bicyclic) bond motifs is 1. The molecular weight excluding hydrogens is 251 g/mol. The molecule has 0 radical (unpaired) electrons. The van der Waals surface area contributed by atoms with E-state index in [0.717, 1.165) is 10.7 Å². The zero-order chi connectivity index (χ0) is 13.3. The number of likely N-dealkylation sites (N-methyl/N-ethyl adjacent to an activating group) is 1. The minimum Gasteiger partial charge on any atom is -0.319 e. The van der Waals surface area contributed by atoms with E-state index in [4.69, 9.17) is 0 Å². The van der Waals surface area contributed by atoms with Gasteiger partial charge in [-0.1, -0.05) is 0 Å². The Morgan fingerprint density at radius 2 is 2.22 bits per heavy atom. The number of halogens is 3. The first kappa shape index (κ1) is 12.6. The summed E-state index contributed by atoms with van der Waals surface area (Å²) in [6.07, 6.45) is -3.61. The first-order chi connectivity index (χ1) is 8.45. The molecule has 2 aromatic rings. The maximum Gasteiger partial charge on any atom is 0.433 e. The van der Waals surface area contributed by atoms with Crippen molar-refractivity contribution in [2.45, 2.75) is 12.6 Å². The molecule has 0 saturated heterocycles. The van der Waals surface area contributed by atoms with Crippen molar-refractivity contribution in [3.05, 3.63) is 27.9 Å². The van der Waals surface area contributed by atoms with Crippen molar-refractivity contribution >= 4 is 5.78 Å². The van der Waals surface area contributed by atoms with Gasteiger partial charge in [-0.2, -0.15) is 18.3 Å². The molecule has 0 aliphatic carbocycles. The fourth-order valence-corrected chi connectivity index (χ4v) is 1.61. The average Bonchev–Trinajstić information content (AvgIpc) is 2.74. The highest BCUT2D eigenvalue weighted by Gasteiger charge is 2.37. The summed E-state index contributed by atoms with van der Waals surface area (Å²) in [5.74, 6) is -0.222. The quantitative estimate of drug-likeness (QED) is 0.827. The maximum atomic E-state index is 12.8. The smallest absolute Gasteiger partial charge is 0.319 e. The van der Waals surface area contributed by atoms with Crippen LogP contribution in [0.15, 0.2) is 11.1 Å². The average molecular weight is 261 g/mol. The molecule has 0 saturated carbocycles. The number of aromatic amines is 1. The first-order valence-corrected chi connectivity index (χ1v) is 5.11. The van der Waals surface area contributed by atoms with Crippen molar-refractivity contribution in [2.24, 2.45) is 0 Å². The summed E-state index contributed by atoms with van der Waals surface area (Å²) < 4.78 is 39.4. The lowest BCUT2D eigenvalue weighted by Gasteiger charge is -2.10. The number of alkyl halides is 3. The summed E-state index contributed by atoms with van der Waals surface area (Å²) in [7, 11) is 1.59. The van der Waals surface area contributed by atoms with Crippen LogP contribution in [0.2, 0.25) is 0 Å². The highest BCUT2D eigenvalue weighted by Crippen LogP contribution is 2.29. The normalized spacial score (nSPS) is 12.2. The van der Waals surface area contributed by atoms with Gasteiger partial charge in [0.25, 0.3) is 5.56 Å². The van der Waals surface area contributed by atoms with Crippen LogP contribution in [-0.4, -0.2) is 33.2 Å². The second-order valence-corrected chi connectivity index (χ2v) is 3.65. The number of nitrogens with one attached hydrogen (secondary N) is 2. The molecule has 0 amide bonds. The minimum absolute atomic E-state index is 0.0503. The number of H-pyrrole nitrogens is 1. The van der Waals surface area contributed by atoms with Crippen LogP contribution in [0.1, 0.15) is 11.3 Å². The van der Waals surface area contributed by atoms with Crippen LogP contribution < -0.4 is 10.9 Å². The van der Waals surface area contributed by atoms with Gasteiger partial charge in [-0.3, -0.25) is 4.79 Å². The molecule has 0 fully saturated rings. The largest absolute Gasteiger partial charge is 0.433 e. The molecule has 98 valence electrons. The molecule has 18 heavy (non-hydrogen) atoms. The van der Waals surface area contributed by atoms with E-state index in [0.29, 0.717) is 0 Å². The molecule has 0 aliphatic rings. The van der Waals surface area contributed by atoms with Gasteiger partial charge < -0.3 is 5.32 Å². The predicted octanol–water partition coefficient (Wildman–Crippen LogP) is 0.198. The Hall–Kier alpha value is -1.90. The van der Waals surface area contributed by atoms with Gasteiger partial charge in [0.2, 0.25) is 5.78 Å². The number of hydrogen-bond acceptors (Lipinski definition) is 4. The van der Waals surface area contributed by atoms with E-state index in [-0.39, 0.29) is 24.3 Å². The third kappa shape index (κ3) is 2.08. The minimum atomic E-state index is -4.66. The van der Waals surface area contributed by atoms with Crippen molar-refractivity contribution < 1.29 is 13.2 Å². The molecule has 2 heterocycles. The van der Waals surface area contributed by atoms with E-state index in [9.17, 15) is 18.0 Å². The van der Waals surface area contributed by atoms with Crippen molar-refractivity contribution in [3.8, 4) is 0 Å². The summed E-state index contributed by atoms with van der Waals surface area (Å²) in [5.41, 5.74) is -2.28. The summed E-state index contributed by atoms with van der Waals surface area (Å²) in [4.78, 5) is 15.3. The second kappa shape index (κ2) is 4.41. The van der Waals surface area contributed by atoms with Crippen LogP contribution in [-0.2, 0) is 12.6 Å². The zero-order valence-corrected chi connectivity index (χ0v) is 9.38. The highest BCUT2D eigenvalue weighted by atomic mass is 19.4. The van der Waals surface area contributed by atoms with Crippen molar-refractivity contribution in [1.82, 2.24) is 24.9 Å². The lowest BCUT2D eigenvalue weighted by Crippen LogP contribution is -2.28. The van der Waals surface area contributed by atoms with Gasteiger partial charge in [0, 0.05) is 0 Å². The molecule has 0 spiro atoms. The van der Waals surface area contributed by atoms with E-state index in [2.05, 4.69) is 20.5 Å². The lowest BCUT2D eigenvalue weighted by molar-refractivity contribution is -0.141. The highest BCUT2D eigenvalue weighted by molar-refractivity contribution is 5.33. The summed E-state index contributed by atoms with van der Waals surface area (Å²) >= 11 is 0. The Morgan fingerprint density at radius 1 is 1.50 bits per heavy atom. The second-order valence-electron chi connectivity index (χ2n) is 3.65. The van der Waals surface area contributed by atoms with Crippen molar-refractivity contribution in [1.29, 1.82) is 0 Å². The van der Waals surface area contributed by atoms with Crippen molar-refractivity contribution in [2.75, 3.05) is 13.6 Å². The van der Waals surface area contributed by atoms with Crippen LogP contribution in [0.3, 0.4) is 0 Å². The maximum absolute atomic E-state index is 12.8. The molecule has 0 unspecified atom stereocenters. The number of hydrogen-bond donors (Lipinski definition) is 2. The Bertz CT molecular complexity index is 615. The molecular formula is C9H10F3N5O. The first-order valence-electron chi connectivity index (χ1n) is 5.11. The van der Waals surface area contributed by atoms with Crippen LogP contribution in [0, 0.1) is 0 Å². The molecule has 0 bridgehead atoms. The molecule has 2 N–H and O–H groups in total. The predicted molar refractivity (Wildman–Crippen MR) is 56.2 cm³/mol. The molecule has 0 atom stereocenters. The Balaban J connectivity index is 2.69.